The lowest BCUT2D eigenvalue weighted by atomic mass is 9.85. The molecule has 12 heteroatoms. The van der Waals surface area contributed by atoms with Gasteiger partial charge in [0, 0.05) is 29.4 Å². The molecule has 0 bridgehead atoms. The standard InChI is InChI=1S/C26H27FIN5O4S/c1-15-6-8-17(9-7-15)38(35,36)33-14-19(18-10-16(27)12-30-25(18)33)23-29-13-20(28)24(32-23)31-21(26(2,3)4)11-22(34)37-5/h6-10,12-14,21H,11H2,1-5H3,(H,29,31,32)/t21-/m1/s1. The van der Waals surface area contributed by atoms with Crippen LogP contribution in [0.25, 0.3) is 22.4 Å². The number of hydrogen-bond acceptors (Lipinski definition) is 8. The summed E-state index contributed by atoms with van der Waals surface area (Å²) in [7, 11) is -2.71. The zero-order valence-electron chi connectivity index (χ0n) is 21.5. The van der Waals surface area contributed by atoms with Crippen LogP contribution in [0.5, 0.6) is 0 Å². The zero-order valence-corrected chi connectivity index (χ0v) is 24.5. The molecule has 0 spiro atoms. The third-order valence-corrected chi connectivity index (χ3v) is 8.55. The quantitative estimate of drug-likeness (QED) is 0.215. The number of pyridine rings is 1. The van der Waals surface area contributed by atoms with E-state index >= 15 is 0 Å². The van der Waals surface area contributed by atoms with Crippen LogP contribution in [0.3, 0.4) is 0 Å². The Morgan fingerprint density at radius 2 is 1.87 bits per heavy atom. The molecule has 3 aromatic heterocycles. The number of rotatable bonds is 7. The van der Waals surface area contributed by atoms with Crippen molar-refractivity contribution in [1.29, 1.82) is 0 Å². The van der Waals surface area contributed by atoms with E-state index in [4.69, 9.17) is 4.74 Å². The predicted octanol–water partition coefficient (Wildman–Crippen LogP) is 5.17. The highest BCUT2D eigenvalue weighted by Crippen LogP contribution is 2.33. The number of nitrogens with zero attached hydrogens (tertiary/aromatic N) is 4. The van der Waals surface area contributed by atoms with Gasteiger partial charge in [-0.05, 0) is 53.1 Å². The Morgan fingerprint density at radius 3 is 2.50 bits per heavy atom. The highest BCUT2D eigenvalue weighted by Gasteiger charge is 2.29. The lowest BCUT2D eigenvalue weighted by molar-refractivity contribution is -0.141. The second-order valence-corrected chi connectivity index (χ2v) is 12.9. The summed E-state index contributed by atoms with van der Waals surface area (Å²) in [6.07, 6.45) is 4.01. The number of aryl methyl sites for hydroxylation is 1. The van der Waals surface area contributed by atoms with Crippen LogP contribution in [-0.2, 0) is 19.6 Å². The molecule has 0 fully saturated rings. The molecule has 0 aliphatic rings. The number of carbonyl (C=O) groups excluding carboxylic acids is 1. The van der Waals surface area contributed by atoms with E-state index in [0.717, 1.165) is 15.7 Å². The van der Waals surface area contributed by atoms with Crippen molar-refractivity contribution in [1.82, 2.24) is 18.9 Å². The first-order chi connectivity index (χ1) is 17.8. The molecule has 4 aromatic rings. The van der Waals surface area contributed by atoms with Crippen LogP contribution in [0.1, 0.15) is 32.8 Å². The first kappa shape index (κ1) is 27.9. The predicted molar refractivity (Wildman–Crippen MR) is 151 cm³/mol. The Hall–Kier alpha value is -3.13. The van der Waals surface area contributed by atoms with Crippen molar-refractivity contribution in [3.05, 3.63) is 63.9 Å². The molecule has 1 aromatic carbocycles. The number of methoxy groups -OCH3 is 1. The van der Waals surface area contributed by atoms with E-state index in [-0.39, 0.29) is 45.6 Å². The van der Waals surface area contributed by atoms with Gasteiger partial charge >= 0.3 is 5.97 Å². The summed E-state index contributed by atoms with van der Waals surface area (Å²) in [5.74, 6) is -0.369. The lowest BCUT2D eigenvalue weighted by Crippen LogP contribution is -2.37. The van der Waals surface area contributed by atoms with Crippen LogP contribution in [0.2, 0.25) is 0 Å². The van der Waals surface area contributed by atoms with Crippen LogP contribution in [0.15, 0.2) is 53.8 Å². The SMILES string of the molecule is COC(=O)C[C@@H](Nc1nc(-c2cn(S(=O)(=O)c3ccc(C)cc3)c3ncc(F)cc23)ncc1I)C(C)(C)C. The summed E-state index contributed by atoms with van der Waals surface area (Å²) in [5, 5.41) is 3.56. The maximum Gasteiger partial charge on any atom is 0.307 e. The summed E-state index contributed by atoms with van der Waals surface area (Å²) in [6, 6.07) is 7.31. The number of benzene rings is 1. The smallest absolute Gasteiger partial charge is 0.307 e. The number of halogens is 2. The minimum Gasteiger partial charge on any atom is -0.469 e. The number of ether oxygens (including phenoxy) is 1. The fourth-order valence-electron chi connectivity index (χ4n) is 3.83. The van der Waals surface area contributed by atoms with Crippen molar-refractivity contribution in [3.63, 3.8) is 0 Å². The van der Waals surface area contributed by atoms with Gasteiger partial charge in [0.05, 0.1) is 28.2 Å². The highest BCUT2D eigenvalue weighted by molar-refractivity contribution is 14.1. The Labute approximate surface area is 234 Å². The molecule has 0 unspecified atom stereocenters. The van der Waals surface area contributed by atoms with Gasteiger partial charge in [-0.2, -0.15) is 0 Å². The van der Waals surface area contributed by atoms with Gasteiger partial charge in [-0.3, -0.25) is 4.79 Å². The molecule has 0 aliphatic heterocycles. The van der Waals surface area contributed by atoms with Gasteiger partial charge in [0.25, 0.3) is 10.0 Å². The van der Waals surface area contributed by atoms with Crippen molar-refractivity contribution in [2.75, 3.05) is 12.4 Å². The maximum absolute atomic E-state index is 14.3. The van der Waals surface area contributed by atoms with E-state index in [2.05, 4.69) is 42.9 Å². The number of hydrogen-bond donors (Lipinski definition) is 1. The van der Waals surface area contributed by atoms with Crippen LogP contribution in [0.4, 0.5) is 10.2 Å². The third-order valence-electron chi connectivity index (χ3n) is 6.10. The molecule has 200 valence electrons. The second kappa shape index (κ2) is 10.6. The topological polar surface area (TPSA) is 116 Å². The zero-order chi connectivity index (χ0) is 27.8. The Bertz CT molecular complexity index is 1620. The van der Waals surface area contributed by atoms with Gasteiger partial charge in [-0.15, -0.1) is 0 Å². The van der Waals surface area contributed by atoms with E-state index in [9.17, 15) is 17.6 Å². The number of anilines is 1. The molecule has 9 nitrogen and oxygen atoms in total. The summed E-state index contributed by atoms with van der Waals surface area (Å²) in [4.78, 5) is 25.3. The third kappa shape index (κ3) is 5.65. The molecule has 0 saturated heterocycles. The van der Waals surface area contributed by atoms with E-state index in [1.54, 1.807) is 18.3 Å². The van der Waals surface area contributed by atoms with Crippen LogP contribution < -0.4 is 5.32 Å². The molecule has 0 radical (unpaired) electrons. The molecule has 0 saturated carbocycles. The van der Waals surface area contributed by atoms with Crippen molar-refractivity contribution in [3.8, 4) is 11.4 Å². The molecule has 4 rings (SSSR count). The number of fused-ring (bicyclic) bond motifs is 1. The van der Waals surface area contributed by atoms with Gasteiger partial charge in [0.15, 0.2) is 11.5 Å². The van der Waals surface area contributed by atoms with Crippen LogP contribution >= 0.6 is 22.6 Å². The lowest BCUT2D eigenvalue weighted by Gasteiger charge is -2.31. The van der Waals surface area contributed by atoms with Crippen LogP contribution in [0, 0.1) is 21.7 Å². The van der Waals surface area contributed by atoms with Gasteiger partial charge in [0.1, 0.15) is 11.6 Å². The second-order valence-electron chi connectivity index (χ2n) is 9.91. The van der Waals surface area contributed by atoms with Crippen molar-refractivity contribution in [2.24, 2.45) is 5.41 Å². The van der Waals surface area contributed by atoms with Gasteiger partial charge in [-0.25, -0.2) is 31.7 Å². The maximum atomic E-state index is 14.3. The van der Waals surface area contributed by atoms with Gasteiger partial charge in [0.2, 0.25) is 0 Å². The molecular weight excluding hydrogens is 624 g/mol. The molecule has 1 N–H and O–H groups in total. The van der Waals surface area contributed by atoms with E-state index in [1.165, 1.54) is 31.5 Å². The molecule has 1 atom stereocenters. The van der Waals surface area contributed by atoms with Crippen molar-refractivity contribution >= 4 is 55.4 Å². The molecular formula is C26H27FIN5O4S. The Morgan fingerprint density at radius 1 is 1.18 bits per heavy atom. The summed E-state index contributed by atoms with van der Waals surface area (Å²) < 4.78 is 47.9. The van der Waals surface area contributed by atoms with E-state index < -0.39 is 15.8 Å². The monoisotopic (exact) mass is 651 g/mol. The Balaban J connectivity index is 1.84. The number of esters is 1. The summed E-state index contributed by atoms with van der Waals surface area (Å²) in [5.41, 5.74) is 0.933. The minimum atomic E-state index is -4.05. The van der Waals surface area contributed by atoms with Crippen LogP contribution in [-0.4, -0.2) is 46.5 Å². The average molecular weight is 652 g/mol. The number of nitrogens with one attached hydrogen (secondary N) is 1. The Kier molecular flexibility index (Phi) is 7.75. The average Bonchev–Trinajstić information content (AvgIpc) is 3.24. The minimum absolute atomic E-state index is 0.0527. The highest BCUT2D eigenvalue weighted by atomic mass is 127. The molecule has 0 aliphatic carbocycles. The van der Waals surface area contributed by atoms with E-state index in [1.807, 2.05) is 27.7 Å². The van der Waals surface area contributed by atoms with Crippen molar-refractivity contribution < 1.29 is 22.3 Å². The first-order valence-corrected chi connectivity index (χ1v) is 14.2. The first-order valence-electron chi connectivity index (χ1n) is 11.7. The van der Waals surface area contributed by atoms with Crippen molar-refractivity contribution in [2.45, 2.75) is 45.1 Å². The summed E-state index contributed by atoms with van der Waals surface area (Å²) in [6.45, 7) is 7.82. The normalized spacial score (nSPS) is 12.9. The number of aromatic nitrogens is 4. The molecule has 38 heavy (non-hydrogen) atoms. The fraction of sp³-hybridized carbons (Fsp3) is 0.308. The van der Waals surface area contributed by atoms with Gasteiger partial charge < -0.3 is 10.1 Å². The summed E-state index contributed by atoms with van der Waals surface area (Å²) >= 11 is 2.08. The molecule has 3 heterocycles. The number of carbonyl (C=O) groups is 1. The molecule has 0 amide bonds. The fourth-order valence-corrected chi connectivity index (χ4v) is 5.57. The largest absolute Gasteiger partial charge is 0.469 e. The van der Waals surface area contributed by atoms with E-state index in [0.29, 0.717) is 15.0 Å². The van der Waals surface area contributed by atoms with Gasteiger partial charge in [-0.1, -0.05) is 38.5 Å².